The fraction of sp³-hybridized carbons (Fsp3) is 0.786. The molecule has 110 valence electrons. The van der Waals surface area contributed by atoms with Gasteiger partial charge >= 0.3 is 5.97 Å². The van der Waals surface area contributed by atoms with E-state index in [0.717, 1.165) is 12.8 Å². The van der Waals surface area contributed by atoms with Gasteiger partial charge in [-0.3, -0.25) is 14.5 Å². The summed E-state index contributed by atoms with van der Waals surface area (Å²) < 4.78 is 0. The summed E-state index contributed by atoms with van der Waals surface area (Å²) in [5.41, 5.74) is 0. The Labute approximate surface area is 119 Å². The standard InChI is InChI=1S/C14H21N3O3/c15-6-1-7-17(12-2-3-12)10-13(18)16-8-4-11(5-9-16)14(19)20/h11-12H,1-5,7-10H2,(H,19,20). The van der Waals surface area contributed by atoms with Crippen LogP contribution in [0.1, 0.15) is 32.1 Å². The minimum absolute atomic E-state index is 0.0682. The lowest BCUT2D eigenvalue weighted by molar-refractivity contribution is -0.146. The van der Waals surface area contributed by atoms with E-state index in [-0.39, 0.29) is 11.8 Å². The second kappa shape index (κ2) is 6.71. The largest absolute Gasteiger partial charge is 0.481 e. The van der Waals surface area contributed by atoms with Crippen molar-refractivity contribution in [1.29, 1.82) is 5.26 Å². The first-order chi connectivity index (χ1) is 9.61. The number of carbonyl (C=O) groups is 2. The average molecular weight is 279 g/mol. The number of hydrogen-bond donors (Lipinski definition) is 1. The second-order valence-electron chi connectivity index (χ2n) is 5.60. The molecule has 2 rings (SSSR count). The number of carboxylic acids is 1. The summed E-state index contributed by atoms with van der Waals surface area (Å²) >= 11 is 0. The van der Waals surface area contributed by atoms with Gasteiger partial charge in [-0.05, 0) is 25.7 Å². The Morgan fingerprint density at radius 3 is 2.40 bits per heavy atom. The third kappa shape index (κ3) is 3.94. The third-order valence-corrected chi connectivity index (χ3v) is 4.11. The SMILES string of the molecule is N#CCCN(CC(=O)N1CCC(C(=O)O)CC1)C1CC1. The molecule has 0 aromatic carbocycles. The summed E-state index contributed by atoms with van der Waals surface area (Å²) in [5.74, 6) is -0.999. The zero-order chi connectivity index (χ0) is 14.5. The van der Waals surface area contributed by atoms with Crippen LogP contribution in [0.25, 0.3) is 0 Å². The molecule has 0 atom stereocenters. The summed E-state index contributed by atoms with van der Waals surface area (Å²) in [7, 11) is 0. The van der Waals surface area contributed by atoms with E-state index >= 15 is 0 Å². The van der Waals surface area contributed by atoms with Crippen molar-refractivity contribution in [2.75, 3.05) is 26.2 Å². The molecular formula is C14H21N3O3. The molecule has 20 heavy (non-hydrogen) atoms. The maximum Gasteiger partial charge on any atom is 0.306 e. The van der Waals surface area contributed by atoms with Gasteiger partial charge in [0.15, 0.2) is 0 Å². The number of carboxylic acid groups (broad SMARTS) is 1. The van der Waals surface area contributed by atoms with Crippen LogP contribution in [0.2, 0.25) is 0 Å². The lowest BCUT2D eigenvalue weighted by Crippen LogP contribution is -2.45. The molecular weight excluding hydrogens is 258 g/mol. The van der Waals surface area contributed by atoms with Gasteiger partial charge in [0.25, 0.3) is 0 Å². The Hall–Kier alpha value is -1.61. The van der Waals surface area contributed by atoms with Crippen molar-refractivity contribution in [3.8, 4) is 6.07 Å². The summed E-state index contributed by atoms with van der Waals surface area (Å²) in [6.45, 7) is 2.09. The Morgan fingerprint density at radius 1 is 1.25 bits per heavy atom. The van der Waals surface area contributed by atoms with Gasteiger partial charge in [-0.2, -0.15) is 5.26 Å². The van der Waals surface area contributed by atoms with Crippen molar-refractivity contribution in [2.24, 2.45) is 5.92 Å². The van der Waals surface area contributed by atoms with E-state index in [4.69, 9.17) is 10.4 Å². The molecule has 0 spiro atoms. The predicted octanol–water partition coefficient (Wildman–Crippen LogP) is 0.688. The van der Waals surface area contributed by atoms with Crippen LogP contribution in [0.4, 0.5) is 0 Å². The topological polar surface area (TPSA) is 84.6 Å². The molecule has 1 aliphatic carbocycles. The van der Waals surface area contributed by atoms with Crippen LogP contribution in [0, 0.1) is 17.2 Å². The number of rotatable bonds is 6. The van der Waals surface area contributed by atoms with Crippen molar-refractivity contribution in [3.05, 3.63) is 0 Å². The maximum atomic E-state index is 12.2. The number of nitrogens with zero attached hydrogens (tertiary/aromatic N) is 3. The van der Waals surface area contributed by atoms with E-state index < -0.39 is 5.97 Å². The Morgan fingerprint density at radius 2 is 1.90 bits per heavy atom. The molecule has 1 heterocycles. The normalized spacial score (nSPS) is 19.9. The van der Waals surface area contributed by atoms with Gasteiger partial charge in [-0.1, -0.05) is 0 Å². The lowest BCUT2D eigenvalue weighted by Gasteiger charge is -2.32. The molecule has 0 radical (unpaired) electrons. The first-order valence-electron chi connectivity index (χ1n) is 7.23. The van der Waals surface area contributed by atoms with Gasteiger partial charge in [-0.15, -0.1) is 0 Å². The van der Waals surface area contributed by atoms with Gasteiger partial charge in [-0.25, -0.2) is 0 Å². The minimum atomic E-state index is -0.759. The van der Waals surface area contributed by atoms with E-state index in [1.165, 1.54) is 0 Å². The number of aliphatic carboxylic acids is 1. The number of piperidine rings is 1. The predicted molar refractivity (Wildman–Crippen MR) is 71.8 cm³/mol. The van der Waals surface area contributed by atoms with Crippen LogP contribution in [-0.4, -0.2) is 59.0 Å². The Balaban J connectivity index is 1.79. The zero-order valence-electron chi connectivity index (χ0n) is 11.6. The zero-order valence-corrected chi connectivity index (χ0v) is 11.6. The number of hydrogen-bond acceptors (Lipinski definition) is 4. The first kappa shape index (κ1) is 14.8. The molecule has 1 amide bonds. The highest BCUT2D eigenvalue weighted by molar-refractivity contribution is 5.79. The maximum absolute atomic E-state index is 12.2. The molecule has 1 aliphatic heterocycles. The van der Waals surface area contributed by atoms with Gasteiger partial charge in [0.05, 0.1) is 18.5 Å². The van der Waals surface area contributed by atoms with Crippen LogP contribution in [0.3, 0.4) is 0 Å². The molecule has 0 aromatic rings. The van der Waals surface area contributed by atoms with Crippen LogP contribution >= 0.6 is 0 Å². The number of likely N-dealkylation sites (tertiary alicyclic amines) is 1. The summed E-state index contributed by atoms with van der Waals surface area (Å²) in [5, 5.41) is 17.6. The van der Waals surface area contributed by atoms with Gasteiger partial charge in [0.1, 0.15) is 0 Å². The lowest BCUT2D eigenvalue weighted by atomic mass is 9.97. The molecule has 6 heteroatoms. The Bertz CT molecular complexity index is 406. The molecule has 6 nitrogen and oxygen atoms in total. The van der Waals surface area contributed by atoms with Crippen molar-refractivity contribution < 1.29 is 14.7 Å². The van der Waals surface area contributed by atoms with Crippen LogP contribution in [0.5, 0.6) is 0 Å². The molecule has 0 aromatic heterocycles. The number of carbonyl (C=O) groups excluding carboxylic acids is 1. The fourth-order valence-electron chi connectivity index (χ4n) is 2.67. The molecule has 1 saturated heterocycles. The van der Waals surface area contributed by atoms with Crippen LogP contribution in [-0.2, 0) is 9.59 Å². The first-order valence-corrected chi connectivity index (χ1v) is 7.23. The van der Waals surface area contributed by atoms with E-state index in [1.54, 1.807) is 4.90 Å². The smallest absolute Gasteiger partial charge is 0.306 e. The third-order valence-electron chi connectivity index (χ3n) is 4.11. The van der Waals surface area contributed by atoms with Crippen molar-refractivity contribution >= 4 is 11.9 Å². The fourth-order valence-corrected chi connectivity index (χ4v) is 2.67. The summed E-state index contributed by atoms with van der Waals surface area (Å²) in [6.07, 6.45) is 3.76. The number of nitriles is 1. The molecule has 1 N–H and O–H groups in total. The highest BCUT2D eigenvalue weighted by atomic mass is 16.4. The molecule has 2 aliphatic rings. The molecule has 2 fully saturated rings. The summed E-state index contributed by atoms with van der Waals surface area (Å²) in [6, 6.07) is 2.58. The summed E-state index contributed by atoms with van der Waals surface area (Å²) in [4.78, 5) is 27.0. The quantitative estimate of drug-likeness (QED) is 0.773. The molecule has 0 bridgehead atoms. The van der Waals surface area contributed by atoms with E-state index in [0.29, 0.717) is 51.5 Å². The number of amides is 1. The van der Waals surface area contributed by atoms with Crippen LogP contribution in [0.15, 0.2) is 0 Å². The molecule has 0 unspecified atom stereocenters. The van der Waals surface area contributed by atoms with Gasteiger partial charge in [0, 0.05) is 32.1 Å². The van der Waals surface area contributed by atoms with Crippen molar-refractivity contribution in [1.82, 2.24) is 9.80 Å². The van der Waals surface area contributed by atoms with E-state index in [9.17, 15) is 9.59 Å². The molecule has 1 saturated carbocycles. The van der Waals surface area contributed by atoms with Gasteiger partial charge < -0.3 is 10.0 Å². The average Bonchev–Trinajstić information content (AvgIpc) is 3.27. The van der Waals surface area contributed by atoms with E-state index in [1.807, 2.05) is 0 Å². The van der Waals surface area contributed by atoms with Crippen molar-refractivity contribution in [3.63, 3.8) is 0 Å². The highest BCUT2D eigenvalue weighted by Gasteiger charge is 2.32. The minimum Gasteiger partial charge on any atom is -0.481 e. The van der Waals surface area contributed by atoms with Crippen LogP contribution < -0.4 is 0 Å². The van der Waals surface area contributed by atoms with Gasteiger partial charge in [0.2, 0.25) is 5.91 Å². The Kier molecular flexibility index (Phi) is 4.96. The van der Waals surface area contributed by atoms with Crippen molar-refractivity contribution in [2.45, 2.75) is 38.1 Å². The highest BCUT2D eigenvalue weighted by Crippen LogP contribution is 2.27. The monoisotopic (exact) mass is 279 g/mol. The second-order valence-corrected chi connectivity index (χ2v) is 5.60. The van der Waals surface area contributed by atoms with E-state index in [2.05, 4.69) is 11.0 Å².